The average Bonchev–Trinajstić information content (AvgIpc) is 3.01. The molecule has 1 saturated carbocycles. The van der Waals surface area contributed by atoms with Crippen LogP contribution in [0.25, 0.3) is 0 Å². The second-order valence-electron chi connectivity index (χ2n) is 6.04. The Bertz CT molecular complexity index is 557. The number of nitrogens with zero attached hydrogens (tertiary/aromatic N) is 1. The highest BCUT2D eigenvalue weighted by molar-refractivity contribution is 14.0. The summed E-state index contributed by atoms with van der Waals surface area (Å²) in [6.45, 7) is 2.59. The van der Waals surface area contributed by atoms with Crippen molar-refractivity contribution in [3.63, 3.8) is 0 Å². The van der Waals surface area contributed by atoms with Gasteiger partial charge in [0.25, 0.3) is 0 Å². The Hall–Kier alpha value is -0.570. The molecule has 0 heterocycles. The molecular weight excluding hydrogens is 443 g/mol. The number of halogens is 3. The Morgan fingerprint density at radius 2 is 2.08 bits per heavy atom. The lowest BCUT2D eigenvalue weighted by atomic mass is 10.0. The fraction of sp³-hybridized carbons (Fsp3) is 0.588. The van der Waals surface area contributed by atoms with Gasteiger partial charge in [0.05, 0.1) is 0 Å². The molecule has 0 spiro atoms. The molecule has 0 bridgehead atoms. The van der Waals surface area contributed by atoms with E-state index in [1.54, 1.807) is 13.1 Å². The minimum atomic E-state index is -0.809. The normalized spacial score (nSPS) is 22.0. The van der Waals surface area contributed by atoms with E-state index in [0.29, 0.717) is 12.6 Å². The van der Waals surface area contributed by atoms with Gasteiger partial charge in [0.2, 0.25) is 0 Å². The van der Waals surface area contributed by atoms with E-state index in [-0.39, 0.29) is 29.9 Å². The van der Waals surface area contributed by atoms with E-state index in [9.17, 15) is 8.78 Å². The van der Waals surface area contributed by atoms with Crippen LogP contribution in [0.4, 0.5) is 8.78 Å². The number of hydrogen-bond acceptors (Lipinski definition) is 2. The molecule has 0 amide bonds. The Balaban J connectivity index is 0.00000288. The first-order valence-corrected chi connectivity index (χ1v) is 9.27. The summed E-state index contributed by atoms with van der Waals surface area (Å²) in [6, 6.07) is 4.52. The largest absolute Gasteiger partial charge is 0.356 e. The highest BCUT2D eigenvalue weighted by atomic mass is 127. The molecule has 0 saturated heterocycles. The summed E-state index contributed by atoms with van der Waals surface area (Å²) in [5, 5.41) is 7.45. The van der Waals surface area contributed by atoms with Gasteiger partial charge >= 0.3 is 0 Å². The predicted molar refractivity (Wildman–Crippen MR) is 110 cm³/mol. The van der Waals surface area contributed by atoms with Crippen LogP contribution in [0.5, 0.6) is 0 Å². The molecule has 1 fully saturated rings. The first-order valence-electron chi connectivity index (χ1n) is 7.98. The van der Waals surface area contributed by atoms with Gasteiger partial charge < -0.3 is 10.6 Å². The standard InChI is InChI=1S/C17H25F2N3S.HI/c1-11(12-4-7-15(18)16(19)8-12)10-21-17(20-2)22-13-5-6-14(9-13)23-3;/h4,7-8,11,13-14H,5-6,9-10H2,1-3H3,(H2,20,21,22);1H. The first kappa shape index (κ1) is 21.5. The molecule has 1 aliphatic carbocycles. The van der Waals surface area contributed by atoms with Crippen LogP contribution < -0.4 is 10.6 Å². The average molecular weight is 469 g/mol. The topological polar surface area (TPSA) is 36.4 Å². The molecular formula is C17H26F2IN3S. The van der Waals surface area contributed by atoms with E-state index < -0.39 is 11.6 Å². The van der Waals surface area contributed by atoms with Crippen molar-refractivity contribution in [2.45, 2.75) is 43.4 Å². The summed E-state index contributed by atoms with van der Waals surface area (Å²) in [4.78, 5) is 4.25. The molecule has 136 valence electrons. The van der Waals surface area contributed by atoms with Gasteiger partial charge in [-0.3, -0.25) is 4.99 Å². The number of nitrogens with one attached hydrogen (secondary N) is 2. The lowest BCUT2D eigenvalue weighted by Crippen LogP contribution is -2.43. The van der Waals surface area contributed by atoms with Crippen molar-refractivity contribution in [2.75, 3.05) is 19.8 Å². The Morgan fingerprint density at radius 1 is 1.33 bits per heavy atom. The van der Waals surface area contributed by atoms with Crippen molar-refractivity contribution >= 4 is 41.7 Å². The third-order valence-corrected chi connectivity index (χ3v) is 5.47. The van der Waals surface area contributed by atoms with Crippen LogP contribution in [-0.2, 0) is 0 Å². The molecule has 0 aliphatic heterocycles. The minimum Gasteiger partial charge on any atom is -0.356 e. The summed E-state index contributed by atoms with van der Waals surface area (Å²) in [5.74, 6) is -0.778. The molecule has 7 heteroatoms. The summed E-state index contributed by atoms with van der Waals surface area (Å²) in [7, 11) is 1.75. The van der Waals surface area contributed by atoms with Gasteiger partial charge in [-0.25, -0.2) is 8.78 Å². The molecule has 1 aromatic rings. The fourth-order valence-electron chi connectivity index (χ4n) is 2.86. The van der Waals surface area contributed by atoms with Gasteiger partial charge in [-0.15, -0.1) is 24.0 Å². The van der Waals surface area contributed by atoms with Gasteiger partial charge in [-0.1, -0.05) is 13.0 Å². The van der Waals surface area contributed by atoms with Crippen LogP contribution >= 0.6 is 35.7 Å². The van der Waals surface area contributed by atoms with Crippen molar-refractivity contribution in [1.29, 1.82) is 0 Å². The number of benzene rings is 1. The summed E-state index contributed by atoms with van der Waals surface area (Å²) < 4.78 is 26.3. The van der Waals surface area contributed by atoms with Crippen LogP contribution in [0, 0.1) is 11.6 Å². The third-order valence-electron chi connectivity index (χ3n) is 4.37. The fourth-order valence-corrected chi connectivity index (χ4v) is 3.66. The number of guanidine groups is 1. The zero-order valence-electron chi connectivity index (χ0n) is 14.3. The van der Waals surface area contributed by atoms with Gasteiger partial charge in [-0.05, 0) is 49.1 Å². The zero-order chi connectivity index (χ0) is 16.8. The smallest absolute Gasteiger partial charge is 0.191 e. The second kappa shape index (κ2) is 10.4. The van der Waals surface area contributed by atoms with Crippen molar-refractivity contribution in [3.8, 4) is 0 Å². The van der Waals surface area contributed by atoms with Crippen LogP contribution in [0.3, 0.4) is 0 Å². The summed E-state index contributed by atoms with van der Waals surface area (Å²) in [5.41, 5.74) is 0.773. The number of aliphatic imine (C=N–C) groups is 1. The quantitative estimate of drug-likeness (QED) is 0.387. The van der Waals surface area contributed by atoms with E-state index in [1.807, 2.05) is 18.7 Å². The Kier molecular flexibility index (Phi) is 9.33. The van der Waals surface area contributed by atoms with Gasteiger partial charge in [0.1, 0.15) is 0 Å². The van der Waals surface area contributed by atoms with Gasteiger partial charge in [0, 0.05) is 24.9 Å². The van der Waals surface area contributed by atoms with E-state index in [2.05, 4.69) is 21.9 Å². The maximum Gasteiger partial charge on any atom is 0.191 e. The van der Waals surface area contributed by atoms with Crippen LogP contribution in [0.1, 0.15) is 37.7 Å². The Labute approximate surface area is 164 Å². The molecule has 3 atom stereocenters. The lowest BCUT2D eigenvalue weighted by Gasteiger charge is -2.20. The van der Waals surface area contributed by atoms with Gasteiger partial charge in [0.15, 0.2) is 17.6 Å². The van der Waals surface area contributed by atoms with E-state index >= 15 is 0 Å². The highest BCUT2D eigenvalue weighted by Crippen LogP contribution is 2.28. The van der Waals surface area contributed by atoms with Crippen LogP contribution in [0.15, 0.2) is 23.2 Å². The van der Waals surface area contributed by atoms with Crippen molar-refractivity contribution in [2.24, 2.45) is 4.99 Å². The van der Waals surface area contributed by atoms with E-state index in [0.717, 1.165) is 29.6 Å². The zero-order valence-corrected chi connectivity index (χ0v) is 17.5. The number of thioether (sulfide) groups is 1. The van der Waals surface area contributed by atoms with Crippen molar-refractivity contribution in [1.82, 2.24) is 10.6 Å². The summed E-state index contributed by atoms with van der Waals surface area (Å²) in [6.07, 6.45) is 5.70. The molecule has 2 rings (SSSR count). The van der Waals surface area contributed by atoms with Crippen LogP contribution in [0.2, 0.25) is 0 Å². The number of hydrogen-bond donors (Lipinski definition) is 2. The van der Waals surface area contributed by atoms with Crippen molar-refractivity contribution in [3.05, 3.63) is 35.4 Å². The monoisotopic (exact) mass is 469 g/mol. The first-order chi connectivity index (χ1) is 11.0. The Morgan fingerprint density at radius 3 is 2.67 bits per heavy atom. The highest BCUT2D eigenvalue weighted by Gasteiger charge is 2.24. The number of rotatable bonds is 5. The molecule has 0 radical (unpaired) electrons. The second-order valence-corrected chi connectivity index (χ2v) is 7.18. The van der Waals surface area contributed by atoms with Crippen LogP contribution in [-0.4, -0.2) is 37.1 Å². The van der Waals surface area contributed by atoms with E-state index in [4.69, 9.17) is 0 Å². The lowest BCUT2D eigenvalue weighted by molar-refractivity contribution is 0.505. The molecule has 0 aromatic heterocycles. The SMILES string of the molecule is CN=C(NCC(C)c1ccc(F)c(F)c1)NC1CCC(SC)C1.I. The van der Waals surface area contributed by atoms with E-state index in [1.165, 1.54) is 18.6 Å². The molecule has 1 aromatic carbocycles. The van der Waals surface area contributed by atoms with Crippen molar-refractivity contribution < 1.29 is 8.78 Å². The van der Waals surface area contributed by atoms with Gasteiger partial charge in [-0.2, -0.15) is 11.8 Å². The predicted octanol–water partition coefficient (Wildman–Crippen LogP) is 4.14. The minimum absolute atomic E-state index is 0. The molecule has 1 aliphatic rings. The third kappa shape index (κ3) is 6.06. The maximum atomic E-state index is 13.3. The molecule has 3 unspecified atom stereocenters. The molecule has 3 nitrogen and oxygen atoms in total. The molecule has 24 heavy (non-hydrogen) atoms. The summed E-state index contributed by atoms with van der Waals surface area (Å²) >= 11 is 1.92. The molecule has 2 N–H and O–H groups in total. The maximum absolute atomic E-state index is 13.3.